The normalized spacial score (nSPS) is 11.3. The van der Waals surface area contributed by atoms with Crippen molar-refractivity contribution in [2.75, 3.05) is 0 Å². The lowest BCUT2D eigenvalue weighted by Crippen LogP contribution is -2.00. The molecular weight excluding hydrogens is 265 g/mol. The highest BCUT2D eigenvalue weighted by Gasteiger charge is 2.10. The predicted octanol–water partition coefficient (Wildman–Crippen LogP) is 3.49. The SMILES string of the molecule is Cc1cc(Cn2c(=S)[nH]c3cc(F)c(C)cc32)no1. The van der Waals surface area contributed by atoms with Gasteiger partial charge in [-0.15, -0.1) is 0 Å². The molecule has 0 aliphatic heterocycles. The van der Waals surface area contributed by atoms with Crippen LogP contribution >= 0.6 is 12.2 Å². The van der Waals surface area contributed by atoms with Gasteiger partial charge in [-0.3, -0.25) is 0 Å². The molecule has 0 saturated heterocycles. The summed E-state index contributed by atoms with van der Waals surface area (Å²) in [7, 11) is 0. The third-order valence-corrected chi connectivity index (χ3v) is 3.37. The maximum absolute atomic E-state index is 13.5. The smallest absolute Gasteiger partial charge is 0.178 e. The largest absolute Gasteiger partial charge is 0.361 e. The summed E-state index contributed by atoms with van der Waals surface area (Å²) in [5.41, 5.74) is 2.93. The van der Waals surface area contributed by atoms with Crippen LogP contribution in [0.15, 0.2) is 22.7 Å². The molecule has 0 bridgehead atoms. The Morgan fingerprint density at radius 3 is 2.84 bits per heavy atom. The molecule has 19 heavy (non-hydrogen) atoms. The number of hydrogen-bond donors (Lipinski definition) is 1. The molecule has 2 aromatic heterocycles. The van der Waals surface area contributed by atoms with Gasteiger partial charge in [-0.25, -0.2) is 4.39 Å². The molecule has 0 radical (unpaired) electrons. The van der Waals surface area contributed by atoms with Crippen molar-refractivity contribution in [3.8, 4) is 0 Å². The molecule has 0 atom stereocenters. The van der Waals surface area contributed by atoms with Gasteiger partial charge in [0.2, 0.25) is 0 Å². The van der Waals surface area contributed by atoms with E-state index in [1.165, 1.54) is 6.07 Å². The molecule has 4 nitrogen and oxygen atoms in total. The van der Waals surface area contributed by atoms with Crippen molar-refractivity contribution in [2.24, 2.45) is 0 Å². The Bertz CT molecular complexity index is 815. The fourth-order valence-corrected chi connectivity index (χ4v) is 2.37. The lowest BCUT2D eigenvalue weighted by molar-refractivity contribution is 0.389. The zero-order chi connectivity index (χ0) is 13.6. The average Bonchev–Trinajstić information content (AvgIpc) is 2.87. The zero-order valence-electron chi connectivity index (χ0n) is 10.5. The first-order valence-corrected chi connectivity index (χ1v) is 6.26. The molecule has 0 spiro atoms. The minimum Gasteiger partial charge on any atom is -0.361 e. The first-order valence-electron chi connectivity index (χ1n) is 5.85. The van der Waals surface area contributed by atoms with E-state index in [2.05, 4.69) is 10.1 Å². The highest BCUT2D eigenvalue weighted by atomic mass is 32.1. The van der Waals surface area contributed by atoms with Crippen LogP contribution in [0.5, 0.6) is 0 Å². The van der Waals surface area contributed by atoms with E-state index in [0.29, 0.717) is 22.4 Å². The summed E-state index contributed by atoms with van der Waals surface area (Å²) in [5, 5.41) is 3.95. The minimum absolute atomic E-state index is 0.242. The van der Waals surface area contributed by atoms with Crippen LogP contribution in [0.2, 0.25) is 0 Å². The van der Waals surface area contributed by atoms with Gasteiger partial charge < -0.3 is 14.1 Å². The summed E-state index contributed by atoms with van der Waals surface area (Å²) in [6, 6.07) is 5.10. The van der Waals surface area contributed by atoms with Crippen LogP contribution in [0.25, 0.3) is 11.0 Å². The molecule has 1 aromatic carbocycles. The second kappa shape index (κ2) is 4.31. The van der Waals surface area contributed by atoms with Crippen LogP contribution in [0.1, 0.15) is 17.0 Å². The number of hydrogen-bond acceptors (Lipinski definition) is 3. The quantitative estimate of drug-likeness (QED) is 0.729. The van der Waals surface area contributed by atoms with Gasteiger partial charge in [0.05, 0.1) is 17.6 Å². The number of aryl methyl sites for hydroxylation is 2. The van der Waals surface area contributed by atoms with E-state index in [1.54, 1.807) is 13.0 Å². The predicted molar refractivity (Wildman–Crippen MR) is 72.2 cm³/mol. The average molecular weight is 277 g/mol. The number of nitrogens with one attached hydrogen (secondary N) is 1. The van der Waals surface area contributed by atoms with Crippen molar-refractivity contribution in [1.82, 2.24) is 14.7 Å². The lowest BCUT2D eigenvalue weighted by Gasteiger charge is -2.02. The fourth-order valence-electron chi connectivity index (χ4n) is 2.09. The third-order valence-electron chi connectivity index (χ3n) is 3.05. The van der Waals surface area contributed by atoms with E-state index < -0.39 is 0 Å². The topological polar surface area (TPSA) is 46.8 Å². The van der Waals surface area contributed by atoms with Crippen molar-refractivity contribution in [3.63, 3.8) is 0 Å². The summed E-state index contributed by atoms with van der Waals surface area (Å²) in [4.78, 5) is 3.00. The second-order valence-electron chi connectivity index (χ2n) is 4.56. The minimum atomic E-state index is -0.242. The first kappa shape index (κ1) is 12.1. The highest BCUT2D eigenvalue weighted by Crippen LogP contribution is 2.20. The van der Waals surface area contributed by atoms with E-state index in [-0.39, 0.29) is 5.82 Å². The summed E-state index contributed by atoms with van der Waals surface area (Å²) in [5.74, 6) is 0.511. The van der Waals surface area contributed by atoms with Crippen molar-refractivity contribution >= 4 is 23.3 Å². The Morgan fingerprint density at radius 1 is 1.37 bits per heavy atom. The Labute approximate surface area is 113 Å². The Kier molecular flexibility index (Phi) is 2.74. The molecular formula is C13H12FN3OS. The monoisotopic (exact) mass is 277 g/mol. The number of rotatable bonds is 2. The van der Waals surface area contributed by atoms with E-state index in [4.69, 9.17) is 16.7 Å². The Morgan fingerprint density at radius 2 is 2.16 bits per heavy atom. The van der Waals surface area contributed by atoms with Gasteiger partial charge in [0.25, 0.3) is 0 Å². The van der Waals surface area contributed by atoms with Crippen LogP contribution in [0.3, 0.4) is 0 Å². The number of imidazole rings is 1. The summed E-state index contributed by atoms with van der Waals surface area (Å²) >= 11 is 5.27. The molecule has 3 rings (SSSR count). The molecule has 0 saturated carbocycles. The second-order valence-corrected chi connectivity index (χ2v) is 4.95. The number of aromatic amines is 1. The number of aromatic nitrogens is 3. The molecule has 6 heteroatoms. The van der Waals surface area contributed by atoms with Gasteiger partial charge in [-0.05, 0) is 43.8 Å². The molecule has 0 aliphatic rings. The molecule has 1 N–H and O–H groups in total. The zero-order valence-corrected chi connectivity index (χ0v) is 11.3. The lowest BCUT2D eigenvalue weighted by atomic mass is 10.2. The van der Waals surface area contributed by atoms with Crippen LogP contribution in [0, 0.1) is 24.4 Å². The molecule has 0 unspecified atom stereocenters. The van der Waals surface area contributed by atoms with Gasteiger partial charge in [-0.1, -0.05) is 5.16 Å². The van der Waals surface area contributed by atoms with Crippen molar-refractivity contribution < 1.29 is 8.91 Å². The fraction of sp³-hybridized carbons (Fsp3) is 0.231. The summed E-state index contributed by atoms with van der Waals surface area (Å²) < 4.78 is 21.0. The Hall–Kier alpha value is -1.95. The molecule has 0 amide bonds. The third kappa shape index (κ3) is 2.08. The van der Waals surface area contributed by atoms with Crippen molar-refractivity contribution in [2.45, 2.75) is 20.4 Å². The van der Waals surface area contributed by atoms with E-state index in [1.807, 2.05) is 17.6 Å². The van der Waals surface area contributed by atoms with Crippen LogP contribution in [0.4, 0.5) is 4.39 Å². The summed E-state index contributed by atoms with van der Waals surface area (Å²) in [6.45, 7) is 4.07. The molecule has 2 heterocycles. The molecule has 3 aromatic rings. The first-order chi connectivity index (χ1) is 9.04. The van der Waals surface area contributed by atoms with Crippen LogP contribution in [-0.4, -0.2) is 14.7 Å². The van der Waals surface area contributed by atoms with Gasteiger partial charge >= 0.3 is 0 Å². The number of fused-ring (bicyclic) bond motifs is 1. The number of nitrogens with zero attached hydrogens (tertiary/aromatic N) is 2. The van der Waals surface area contributed by atoms with Gasteiger partial charge in [-0.2, -0.15) is 0 Å². The number of H-pyrrole nitrogens is 1. The van der Waals surface area contributed by atoms with Gasteiger partial charge in [0.15, 0.2) is 4.77 Å². The number of benzene rings is 1. The molecule has 0 fully saturated rings. The molecule has 0 aliphatic carbocycles. The van der Waals surface area contributed by atoms with Crippen LogP contribution in [-0.2, 0) is 6.54 Å². The Balaban J connectivity index is 2.15. The summed E-state index contributed by atoms with van der Waals surface area (Å²) in [6.07, 6.45) is 0. The number of halogens is 1. The van der Waals surface area contributed by atoms with Crippen molar-refractivity contribution in [3.05, 3.63) is 45.8 Å². The highest BCUT2D eigenvalue weighted by molar-refractivity contribution is 7.71. The van der Waals surface area contributed by atoms with E-state index in [9.17, 15) is 4.39 Å². The van der Waals surface area contributed by atoms with E-state index in [0.717, 1.165) is 17.0 Å². The van der Waals surface area contributed by atoms with Gasteiger partial charge in [0, 0.05) is 6.07 Å². The molecule has 98 valence electrons. The van der Waals surface area contributed by atoms with Crippen molar-refractivity contribution in [1.29, 1.82) is 0 Å². The van der Waals surface area contributed by atoms with Crippen LogP contribution < -0.4 is 0 Å². The maximum atomic E-state index is 13.5. The van der Waals surface area contributed by atoms with E-state index >= 15 is 0 Å². The maximum Gasteiger partial charge on any atom is 0.178 e. The van der Waals surface area contributed by atoms with Gasteiger partial charge in [0.1, 0.15) is 17.3 Å². The standard InChI is InChI=1S/C13H12FN3OS/c1-7-3-12-11(5-10(7)14)15-13(19)17(12)6-9-4-8(2)18-16-9/h3-5H,6H2,1-2H3,(H,15,19).